The highest BCUT2D eigenvalue weighted by Crippen LogP contribution is 2.57. The average molecular weight is 666 g/mol. The molecule has 3 aromatic rings. The van der Waals surface area contributed by atoms with Crippen molar-refractivity contribution in [1.29, 1.82) is 0 Å². The number of carboxylic acid groups (broad SMARTS) is 1. The Labute approximate surface area is 264 Å². The maximum Gasteiger partial charge on any atom is 0.310 e. The van der Waals surface area contributed by atoms with E-state index in [0.29, 0.717) is 31.0 Å². The number of aryl methyl sites for hydroxylation is 1. The summed E-state index contributed by atoms with van der Waals surface area (Å²) in [7, 11) is 0. The van der Waals surface area contributed by atoms with Gasteiger partial charge in [0, 0.05) is 23.2 Å². The van der Waals surface area contributed by atoms with Crippen molar-refractivity contribution >= 4 is 55.1 Å². The molecule has 1 aromatic heterocycles. The molecule has 3 aliphatic rings. The highest BCUT2D eigenvalue weighted by atomic mass is 79.9. The number of carbonyl (C=O) groups is 3. The first kappa shape index (κ1) is 30.0. The van der Waals surface area contributed by atoms with Gasteiger partial charge in [0.05, 0.1) is 28.2 Å². The van der Waals surface area contributed by atoms with E-state index in [0.717, 1.165) is 53.2 Å². The van der Waals surface area contributed by atoms with Crippen LogP contribution in [0.5, 0.6) is 5.19 Å². The van der Waals surface area contributed by atoms with Crippen molar-refractivity contribution in [2.75, 3.05) is 6.54 Å². The third-order valence-corrected chi connectivity index (χ3v) is 10.7. The molecule has 1 aliphatic carbocycles. The molecule has 2 aliphatic heterocycles. The second-order valence-corrected chi connectivity index (χ2v) is 14.2. The van der Waals surface area contributed by atoms with E-state index < -0.39 is 23.5 Å². The Kier molecular flexibility index (Phi) is 9.00. The highest BCUT2D eigenvalue weighted by Gasteiger charge is 2.61. The molecule has 9 heteroatoms. The molecule has 1 amide bonds. The van der Waals surface area contributed by atoms with Crippen molar-refractivity contribution in [3.8, 4) is 5.19 Å². The molecule has 1 saturated heterocycles. The molecule has 5 atom stereocenters. The summed E-state index contributed by atoms with van der Waals surface area (Å²) in [6.07, 6.45) is 10.5. The Bertz CT molecular complexity index is 1520. The topological polar surface area (TPSA) is 96.8 Å². The fourth-order valence-corrected chi connectivity index (χ4v) is 8.18. The number of ketones is 1. The number of ether oxygens (including phenoxy) is 1. The molecule has 0 radical (unpaired) electrons. The van der Waals surface area contributed by atoms with Crippen LogP contribution in [0.15, 0.2) is 65.2 Å². The van der Waals surface area contributed by atoms with E-state index >= 15 is 0 Å². The van der Waals surface area contributed by atoms with Crippen LogP contribution in [-0.4, -0.2) is 51.3 Å². The molecule has 43 heavy (non-hydrogen) atoms. The van der Waals surface area contributed by atoms with E-state index in [1.165, 1.54) is 16.9 Å². The van der Waals surface area contributed by atoms with E-state index in [1.54, 1.807) is 4.90 Å². The van der Waals surface area contributed by atoms with Crippen molar-refractivity contribution in [3.05, 3.63) is 70.7 Å². The number of fused-ring (bicyclic) bond motifs is 3. The van der Waals surface area contributed by atoms with Gasteiger partial charge in [-0.25, -0.2) is 4.98 Å². The maximum atomic E-state index is 14.3. The largest absolute Gasteiger partial charge is 0.481 e. The minimum Gasteiger partial charge on any atom is -0.481 e. The first-order valence-electron chi connectivity index (χ1n) is 15.3. The molecule has 2 fully saturated rings. The molecule has 0 bridgehead atoms. The lowest BCUT2D eigenvalue weighted by Crippen LogP contribution is -2.45. The quantitative estimate of drug-likeness (QED) is 0.279. The van der Waals surface area contributed by atoms with Crippen LogP contribution < -0.4 is 4.74 Å². The third kappa shape index (κ3) is 6.73. The zero-order valence-corrected chi connectivity index (χ0v) is 26.5. The lowest BCUT2D eigenvalue weighted by atomic mass is 9.90. The number of nitrogens with zero attached hydrogens (tertiary/aromatic N) is 2. The summed E-state index contributed by atoms with van der Waals surface area (Å²) in [6.45, 7) is 0.292. The standard InChI is InChI=1S/C34H37BrN2O5S/c35-25-15-16-27-30(17-25)43-33(36-27)42-26-18-28-29(38)20-34(32(40)41)19-24(34)12-8-3-1-2-7-11-23(31(39)37(28)21-26)14-13-22-9-5-4-6-10-22/h4-6,8-10,12,15-17,23-24,26,28H,1-3,7,11,13-14,18-21H2,(H,40,41)/b12-8-/t23-,24+,26-,28+,34-/m1/s1. The van der Waals surface area contributed by atoms with Gasteiger partial charge in [0.2, 0.25) is 5.91 Å². The SMILES string of the molecule is O=C1C[C@]2(C(=O)O)C[C@@H]2/C=C\CCCCC[C@H](CCc2ccccc2)C(=O)N2C[C@H](Oc3nc4ccc(Br)cc4s3)C[C@@H]12. The average Bonchev–Trinajstić information content (AvgIpc) is 3.31. The van der Waals surface area contributed by atoms with Crippen LogP contribution in [0.3, 0.4) is 0 Å². The molecule has 0 unspecified atom stereocenters. The molecular formula is C34H37BrN2O5S. The van der Waals surface area contributed by atoms with Crippen molar-refractivity contribution in [2.24, 2.45) is 17.3 Å². The van der Waals surface area contributed by atoms with Gasteiger partial charge in [0.25, 0.3) is 5.19 Å². The van der Waals surface area contributed by atoms with Crippen molar-refractivity contribution < 1.29 is 24.2 Å². The van der Waals surface area contributed by atoms with Crippen molar-refractivity contribution in [1.82, 2.24) is 9.88 Å². The van der Waals surface area contributed by atoms with Gasteiger partial charge in [-0.3, -0.25) is 14.4 Å². The summed E-state index contributed by atoms with van der Waals surface area (Å²) >= 11 is 4.94. The predicted octanol–water partition coefficient (Wildman–Crippen LogP) is 7.23. The van der Waals surface area contributed by atoms with Crippen LogP contribution in [0.1, 0.15) is 63.4 Å². The zero-order chi connectivity index (χ0) is 30.0. The number of hydrogen-bond donors (Lipinski definition) is 1. The number of hydrogen-bond acceptors (Lipinski definition) is 6. The summed E-state index contributed by atoms with van der Waals surface area (Å²) in [4.78, 5) is 47.0. The molecule has 2 aromatic carbocycles. The van der Waals surface area contributed by atoms with Crippen LogP contribution in [0.25, 0.3) is 10.2 Å². The minimum atomic E-state index is -1.07. The lowest BCUT2D eigenvalue weighted by Gasteiger charge is -2.29. The number of aromatic nitrogens is 1. The van der Waals surface area contributed by atoms with Crippen LogP contribution in [0.2, 0.25) is 0 Å². The van der Waals surface area contributed by atoms with Crippen LogP contribution >= 0.6 is 27.3 Å². The van der Waals surface area contributed by atoms with E-state index in [1.807, 2.05) is 42.5 Å². The van der Waals surface area contributed by atoms with Gasteiger partial charge in [-0.15, -0.1) is 0 Å². The Hall–Kier alpha value is -3.04. The fourth-order valence-electron chi connectivity index (χ4n) is 6.74. The number of Topliss-reactive ketones (excluding diaryl/α,β-unsaturated/α-hetero) is 1. The summed E-state index contributed by atoms with van der Waals surface area (Å²) in [5, 5.41) is 10.7. The van der Waals surface area contributed by atoms with E-state index in [4.69, 9.17) is 4.74 Å². The number of aliphatic carboxylic acids is 1. The lowest BCUT2D eigenvalue weighted by molar-refractivity contribution is -0.147. The number of rotatable bonds is 6. The monoisotopic (exact) mass is 664 g/mol. The Balaban J connectivity index is 1.26. The minimum absolute atomic E-state index is 0.0154. The first-order valence-corrected chi connectivity index (χ1v) is 16.9. The summed E-state index contributed by atoms with van der Waals surface area (Å²) in [6, 6.07) is 15.4. The number of thiazole rings is 1. The van der Waals surface area contributed by atoms with E-state index in [-0.39, 0.29) is 29.9 Å². The molecule has 1 saturated carbocycles. The van der Waals surface area contributed by atoms with Gasteiger partial charge in [-0.2, -0.15) is 0 Å². The first-order chi connectivity index (χ1) is 20.8. The van der Waals surface area contributed by atoms with Crippen LogP contribution in [0.4, 0.5) is 0 Å². The van der Waals surface area contributed by atoms with Crippen LogP contribution in [-0.2, 0) is 20.8 Å². The van der Waals surface area contributed by atoms with Gasteiger partial charge >= 0.3 is 5.97 Å². The molecule has 7 nitrogen and oxygen atoms in total. The Morgan fingerprint density at radius 1 is 1.14 bits per heavy atom. The number of benzene rings is 2. The smallest absolute Gasteiger partial charge is 0.310 e. The maximum absolute atomic E-state index is 14.3. The Morgan fingerprint density at radius 3 is 2.79 bits per heavy atom. The molecule has 226 valence electrons. The van der Waals surface area contributed by atoms with Gasteiger partial charge in [-0.1, -0.05) is 82.6 Å². The van der Waals surface area contributed by atoms with Gasteiger partial charge in [0.15, 0.2) is 5.78 Å². The summed E-state index contributed by atoms with van der Waals surface area (Å²) < 4.78 is 8.28. The van der Waals surface area contributed by atoms with Crippen molar-refractivity contribution in [3.63, 3.8) is 0 Å². The number of carboxylic acids is 1. The van der Waals surface area contributed by atoms with Gasteiger partial charge < -0.3 is 14.7 Å². The molecule has 6 rings (SSSR count). The van der Waals surface area contributed by atoms with Crippen LogP contribution in [0, 0.1) is 17.3 Å². The number of amides is 1. The van der Waals surface area contributed by atoms with E-state index in [2.05, 4.69) is 39.1 Å². The molecule has 3 heterocycles. The highest BCUT2D eigenvalue weighted by molar-refractivity contribution is 9.10. The van der Waals surface area contributed by atoms with E-state index in [9.17, 15) is 19.5 Å². The zero-order valence-electron chi connectivity index (χ0n) is 24.1. The van der Waals surface area contributed by atoms with Crippen molar-refractivity contribution in [2.45, 2.75) is 76.4 Å². The summed E-state index contributed by atoms with van der Waals surface area (Å²) in [5.74, 6) is -1.47. The van der Waals surface area contributed by atoms with Gasteiger partial charge in [0.1, 0.15) is 6.10 Å². The number of carbonyl (C=O) groups excluding carboxylic acids is 2. The second-order valence-electron chi connectivity index (χ2n) is 12.3. The fraction of sp³-hybridized carbons (Fsp3) is 0.471. The van der Waals surface area contributed by atoms with Gasteiger partial charge in [-0.05, 0) is 68.2 Å². The predicted molar refractivity (Wildman–Crippen MR) is 170 cm³/mol. The number of allylic oxidation sites excluding steroid dienone is 2. The second kappa shape index (κ2) is 12.9. The summed E-state index contributed by atoms with van der Waals surface area (Å²) in [5.41, 5.74) is 0.951. The molecule has 1 N–H and O–H groups in total. The number of halogens is 1. The normalized spacial score (nSPS) is 28.9. The Morgan fingerprint density at radius 2 is 1.98 bits per heavy atom. The molecule has 0 spiro atoms. The third-order valence-electron chi connectivity index (χ3n) is 9.33. The molecular weight excluding hydrogens is 628 g/mol.